The number of carbonyl (C=O) groups is 1. The third-order valence-corrected chi connectivity index (χ3v) is 1.15. The van der Waals surface area contributed by atoms with Gasteiger partial charge in [-0.2, -0.15) is 13.2 Å². The lowest BCUT2D eigenvalue weighted by molar-refractivity contribution is -0.307. The van der Waals surface area contributed by atoms with Crippen LogP contribution < -0.4 is 5.11 Å². The molecule has 0 bridgehead atoms. The smallest absolute Gasteiger partial charge is 0.408 e. The van der Waals surface area contributed by atoms with Crippen molar-refractivity contribution in [2.75, 3.05) is 0 Å². The predicted octanol–water partition coefficient (Wildman–Crippen LogP) is 1.08. The van der Waals surface area contributed by atoms with Crippen LogP contribution in [0.3, 0.4) is 0 Å². The quantitative estimate of drug-likeness (QED) is 0.618. The highest BCUT2D eigenvalue weighted by Crippen LogP contribution is 2.25. The first kappa shape index (κ1) is 11.1. The third kappa shape index (κ3) is 4.05. The fourth-order valence-electron chi connectivity index (χ4n) is 0.668. The van der Waals surface area contributed by atoms with Crippen LogP contribution in [0, 0.1) is 0 Å². The van der Waals surface area contributed by atoms with E-state index >= 15 is 0 Å². The van der Waals surface area contributed by atoms with E-state index in [1.165, 1.54) is 6.92 Å². The molecule has 1 atom stereocenters. The average molecular weight is 185 g/mol. The lowest BCUT2D eigenvalue weighted by Crippen LogP contribution is -2.38. The average Bonchev–Trinajstić information content (AvgIpc) is 1.83. The molecular weight excluding hydrogens is 177 g/mol. The molecule has 0 saturated heterocycles. The molecule has 0 aliphatic carbocycles. The molecule has 0 heterocycles. The molecule has 0 rings (SSSR count). The van der Waals surface area contributed by atoms with E-state index in [1.807, 2.05) is 0 Å². The van der Waals surface area contributed by atoms with Gasteiger partial charge < -0.3 is 14.6 Å². The Morgan fingerprint density at radius 3 is 2.33 bits per heavy atom. The zero-order chi connectivity index (χ0) is 9.78. The van der Waals surface area contributed by atoms with E-state index in [9.17, 15) is 23.1 Å². The highest BCUT2D eigenvalue weighted by Gasteiger charge is 2.38. The number of halogens is 3. The second-order valence-electron chi connectivity index (χ2n) is 2.19. The number of ether oxygens (including phenoxy) is 1. The number of hydrogen-bond acceptors (Lipinski definition) is 3. The fraction of sp³-hybridized carbons (Fsp3) is 0.833. The van der Waals surface area contributed by atoms with Gasteiger partial charge in [0, 0.05) is 0 Å². The molecule has 0 amide bonds. The molecule has 0 aromatic rings. The van der Waals surface area contributed by atoms with E-state index in [-0.39, 0.29) is 12.8 Å². The Bertz CT molecular complexity index is 155. The molecule has 0 aliphatic rings. The number of rotatable bonds is 3. The lowest BCUT2D eigenvalue weighted by atomic mass is 10.2. The SMILES string of the molecule is CCCC(OC(=O)[O-])C(F)(F)F. The van der Waals surface area contributed by atoms with E-state index in [1.54, 1.807) is 0 Å². The molecular formula is C6H8F3O3-. The molecule has 72 valence electrons. The van der Waals surface area contributed by atoms with Crippen LogP contribution in [-0.4, -0.2) is 18.4 Å². The van der Waals surface area contributed by atoms with Gasteiger partial charge in [0.15, 0.2) is 0 Å². The maximum Gasteiger partial charge on any atom is 0.408 e. The lowest BCUT2D eigenvalue weighted by Gasteiger charge is -2.23. The minimum atomic E-state index is -4.64. The summed E-state index contributed by atoms with van der Waals surface area (Å²) in [7, 11) is 0. The number of carboxylic acid groups (broad SMARTS) is 1. The summed E-state index contributed by atoms with van der Waals surface area (Å²) in [5, 5.41) is 9.70. The Hall–Kier alpha value is -0.940. The fourth-order valence-corrected chi connectivity index (χ4v) is 0.668. The zero-order valence-corrected chi connectivity index (χ0v) is 6.35. The van der Waals surface area contributed by atoms with Gasteiger partial charge in [0.05, 0.1) is 0 Å². The van der Waals surface area contributed by atoms with Crippen molar-refractivity contribution in [2.24, 2.45) is 0 Å². The van der Waals surface area contributed by atoms with Crippen molar-refractivity contribution >= 4 is 6.16 Å². The van der Waals surface area contributed by atoms with E-state index in [4.69, 9.17) is 0 Å². The van der Waals surface area contributed by atoms with E-state index in [2.05, 4.69) is 4.74 Å². The van der Waals surface area contributed by atoms with Gasteiger partial charge in [-0.15, -0.1) is 0 Å². The topological polar surface area (TPSA) is 49.4 Å². The molecule has 0 aliphatic heterocycles. The molecule has 0 saturated carbocycles. The van der Waals surface area contributed by atoms with Gasteiger partial charge in [0.2, 0.25) is 0 Å². The van der Waals surface area contributed by atoms with Crippen LogP contribution in [0.25, 0.3) is 0 Å². The van der Waals surface area contributed by atoms with Crippen molar-refractivity contribution < 1.29 is 27.8 Å². The summed E-state index contributed by atoms with van der Waals surface area (Å²) < 4.78 is 39.1. The zero-order valence-electron chi connectivity index (χ0n) is 6.35. The van der Waals surface area contributed by atoms with Gasteiger partial charge in [-0.1, -0.05) is 13.3 Å². The Balaban J connectivity index is 4.13. The first-order chi connectivity index (χ1) is 5.38. The second kappa shape index (κ2) is 4.18. The molecule has 1 unspecified atom stereocenters. The summed E-state index contributed by atoms with van der Waals surface area (Å²) >= 11 is 0. The summed E-state index contributed by atoms with van der Waals surface area (Å²) in [6.07, 6.45) is -9.23. The first-order valence-electron chi connectivity index (χ1n) is 3.32. The van der Waals surface area contributed by atoms with Crippen LogP contribution in [-0.2, 0) is 4.74 Å². The second-order valence-corrected chi connectivity index (χ2v) is 2.19. The molecule has 0 radical (unpaired) electrons. The van der Waals surface area contributed by atoms with Crippen molar-refractivity contribution in [3.05, 3.63) is 0 Å². The van der Waals surface area contributed by atoms with Gasteiger partial charge in [0.1, 0.15) is 6.10 Å². The molecule has 0 fully saturated rings. The van der Waals surface area contributed by atoms with E-state index in [0.29, 0.717) is 0 Å². The predicted molar refractivity (Wildman–Crippen MR) is 31.2 cm³/mol. The van der Waals surface area contributed by atoms with Crippen molar-refractivity contribution in [3.63, 3.8) is 0 Å². The van der Waals surface area contributed by atoms with Crippen molar-refractivity contribution in [2.45, 2.75) is 32.0 Å². The van der Waals surface area contributed by atoms with Crippen LogP contribution in [0.4, 0.5) is 18.0 Å². The van der Waals surface area contributed by atoms with E-state index < -0.39 is 18.4 Å². The number of hydrogen-bond donors (Lipinski definition) is 0. The monoisotopic (exact) mass is 185 g/mol. The minimum Gasteiger partial charge on any atom is -0.537 e. The highest BCUT2D eigenvalue weighted by molar-refractivity contribution is 5.54. The van der Waals surface area contributed by atoms with Gasteiger partial charge in [0.25, 0.3) is 6.16 Å². The molecule has 6 heteroatoms. The minimum absolute atomic E-state index is 0.192. The van der Waals surface area contributed by atoms with Gasteiger partial charge >= 0.3 is 6.18 Å². The molecule has 0 aromatic carbocycles. The van der Waals surface area contributed by atoms with Gasteiger partial charge in [-0.25, -0.2) is 0 Å². The van der Waals surface area contributed by atoms with Crippen LogP contribution in [0.5, 0.6) is 0 Å². The Morgan fingerprint density at radius 1 is 1.58 bits per heavy atom. The summed E-state index contributed by atoms with van der Waals surface area (Å²) in [4.78, 5) is 9.70. The number of carbonyl (C=O) groups excluding carboxylic acids is 1. The molecule has 3 nitrogen and oxygen atoms in total. The Morgan fingerprint density at radius 2 is 2.08 bits per heavy atom. The Kier molecular flexibility index (Phi) is 3.85. The van der Waals surface area contributed by atoms with Crippen molar-refractivity contribution in [3.8, 4) is 0 Å². The molecule has 12 heavy (non-hydrogen) atoms. The maximum atomic E-state index is 11.9. The van der Waals surface area contributed by atoms with Crippen molar-refractivity contribution in [1.29, 1.82) is 0 Å². The Labute approximate surface area is 67.1 Å². The van der Waals surface area contributed by atoms with Crippen LogP contribution in [0.1, 0.15) is 19.8 Å². The summed E-state index contributed by atoms with van der Waals surface area (Å²) in [6, 6.07) is 0. The maximum absolute atomic E-state index is 11.9. The van der Waals surface area contributed by atoms with Crippen molar-refractivity contribution in [1.82, 2.24) is 0 Å². The van der Waals surface area contributed by atoms with Gasteiger partial charge in [-0.3, -0.25) is 0 Å². The van der Waals surface area contributed by atoms with E-state index in [0.717, 1.165) is 0 Å². The third-order valence-electron chi connectivity index (χ3n) is 1.15. The molecule has 0 N–H and O–H groups in total. The molecule has 0 spiro atoms. The molecule has 0 aromatic heterocycles. The first-order valence-corrected chi connectivity index (χ1v) is 3.32. The van der Waals surface area contributed by atoms with Gasteiger partial charge in [-0.05, 0) is 6.42 Å². The number of alkyl halides is 3. The summed E-state index contributed by atoms with van der Waals surface area (Å²) in [6.45, 7) is 1.50. The normalized spacial score (nSPS) is 14.0. The van der Waals surface area contributed by atoms with Crippen LogP contribution >= 0.6 is 0 Å². The standard InChI is InChI=1S/C6H9F3O3/c1-2-3-4(6(7,8)9)12-5(10)11/h4H,2-3H2,1H3,(H,10,11)/p-1. The van der Waals surface area contributed by atoms with Crippen LogP contribution in [0.15, 0.2) is 0 Å². The highest BCUT2D eigenvalue weighted by atomic mass is 19.4. The van der Waals surface area contributed by atoms with Crippen LogP contribution in [0.2, 0.25) is 0 Å². The summed E-state index contributed by atoms with van der Waals surface area (Å²) in [5.41, 5.74) is 0. The summed E-state index contributed by atoms with van der Waals surface area (Å²) in [5.74, 6) is 0. The largest absolute Gasteiger partial charge is 0.537 e.